The molecule has 1 fully saturated rings. The fourth-order valence-electron chi connectivity index (χ4n) is 2.34. The van der Waals surface area contributed by atoms with Crippen LogP contribution in [0.1, 0.15) is 24.1 Å². The number of hydrazone groups is 1. The molecule has 1 aromatic carbocycles. The smallest absolute Gasteiger partial charge is 0.203 e. The molecule has 1 aromatic heterocycles. The summed E-state index contributed by atoms with van der Waals surface area (Å²) in [5.74, 6) is 0. The van der Waals surface area contributed by atoms with Crippen LogP contribution in [0.5, 0.6) is 0 Å². The fraction of sp³-hybridized carbons (Fsp3) is 0.333. The molecule has 1 saturated heterocycles. The monoisotopic (exact) mass is 286 g/mol. The molecule has 1 N–H and O–H groups in total. The molecule has 0 bridgehead atoms. The molecule has 3 rings (SSSR count). The number of hydrogen-bond acceptors (Lipinski definition) is 5. The summed E-state index contributed by atoms with van der Waals surface area (Å²) in [5, 5.41) is 7.08. The number of nitrogens with zero attached hydrogens (tertiary/aromatic N) is 3. The number of thiazole rings is 1. The predicted octanol–water partition coefficient (Wildman–Crippen LogP) is 3.50. The van der Waals surface area contributed by atoms with Gasteiger partial charge < -0.3 is 4.90 Å². The minimum Gasteiger partial charge on any atom is -0.372 e. The first-order valence-electron chi connectivity index (χ1n) is 6.87. The number of anilines is 2. The third-order valence-corrected chi connectivity index (χ3v) is 4.20. The van der Waals surface area contributed by atoms with Crippen molar-refractivity contribution in [1.29, 1.82) is 0 Å². The van der Waals surface area contributed by atoms with E-state index in [1.165, 1.54) is 18.5 Å². The minimum atomic E-state index is 0.828. The molecular formula is C15H18N4S. The van der Waals surface area contributed by atoms with Gasteiger partial charge in [-0.25, -0.2) is 4.98 Å². The number of aromatic nitrogens is 1. The predicted molar refractivity (Wildman–Crippen MR) is 86.0 cm³/mol. The lowest BCUT2D eigenvalue weighted by molar-refractivity contribution is 0.949. The van der Waals surface area contributed by atoms with Crippen molar-refractivity contribution in [3.63, 3.8) is 0 Å². The average Bonchev–Trinajstić information content (AvgIpc) is 3.11. The van der Waals surface area contributed by atoms with Crippen LogP contribution in [-0.2, 0) is 0 Å². The van der Waals surface area contributed by atoms with Crippen LogP contribution in [-0.4, -0.2) is 24.3 Å². The van der Waals surface area contributed by atoms with Crippen LogP contribution in [0.15, 0.2) is 34.7 Å². The zero-order valence-electron chi connectivity index (χ0n) is 11.5. The van der Waals surface area contributed by atoms with Crippen LogP contribution in [0.2, 0.25) is 0 Å². The molecule has 5 heteroatoms. The van der Waals surface area contributed by atoms with Gasteiger partial charge in [0.25, 0.3) is 0 Å². The number of rotatable bonds is 4. The van der Waals surface area contributed by atoms with Gasteiger partial charge in [-0.3, -0.25) is 5.43 Å². The zero-order valence-corrected chi connectivity index (χ0v) is 12.4. The fourth-order valence-corrected chi connectivity index (χ4v) is 2.98. The second-order valence-corrected chi connectivity index (χ2v) is 5.81. The van der Waals surface area contributed by atoms with Crippen molar-refractivity contribution in [2.24, 2.45) is 5.10 Å². The molecule has 4 nitrogen and oxygen atoms in total. The molecule has 2 aromatic rings. The topological polar surface area (TPSA) is 40.5 Å². The molecule has 0 radical (unpaired) electrons. The van der Waals surface area contributed by atoms with Gasteiger partial charge in [0.1, 0.15) is 0 Å². The first kappa shape index (κ1) is 13.1. The molecule has 2 heterocycles. The van der Waals surface area contributed by atoms with Crippen molar-refractivity contribution in [3.05, 3.63) is 40.9 Å². The Balaban J connectivity index is 1.66. The summed E-state index contributed by atoms with van der Waals surface area (Å²) in [6.45, 7) is 4.30. The van der Waals surface area contributed by atoms with Gasteiger partial charge in [0.05, 0.1) is 11.9 Å². The maximum Gasteiger partial charge on any atom is 0.203 e. The Kier molecular flexibility index (Phi) is 3.97. The highest BCUT2D eigenvalue weighted by atomic mass is 32.1. The maximum atomic E-state index is 4.31. The van der Waals surface area contributed by atoms with Crippen LogP contribution in [0, 0.1) is 6.92 Å². The SMILES string of the molecule is Cc1csc(NN=Cc2cccc(N3CCCC3)c2)n1. The summed E-state index contributed by atoms with van der Waals surface area (Å²) < 4.78 is 0. The lowest BCUT2D eigenvalue weighted by atomic mass is 10.2. The number of benzene rings is 1. The van der Waals surface area contributed by atoms with Gasteiger partial charge in [-0.05, 0) is 37.5 Å². The van der Waals surface area contributed by atoms with Crippen LogP contribution in [0.3, 0.4) is 0 Å². The van der Waals surface area contributed by atoms with Gasteiger partial charge in [0.2, 0.25) is 5.13 Å². The molecule has 104 valence electrons. The normalized spacial score (nSPS) is 15.2. The highest BCUT2D eigenvalue weighted by molar-refractivity contribution is 7.13. The Morgan fingerprint density at radius 3 is 2.95 bits per heavy atom. The second kappa shape index (κ2) is 6.05. The van der Waals surface area contributed by atoms with E-state index in [0.29, 0.717) is 0 Å². The summed E-state index contributed by atoms with van der Waals surface area (Å²) in [6, 6.07) is 8.50. The molecule has 0 amide bonds. The molecule has 20 heavy (non-hydrogen) atoms. The Labute approximate surface area is 123 Å². The second-order valence-electron chi connectivity index (χ2n) is 4.95. The molecule has 0 saturated carbocycles. The first-order chi connectivity index (χ1) is 9.81. The van der Waals surface area contributed by atoms with Crippen LogP contribution in [0.4, 0.5) is 10.8 Å². The van der Waals surface area contributed by atoms with Crippen LogP contribution >= 0.6 is 11.3 Å². The van der Waals surface area contributed by atoms with Crippen molar-refractivity contribution in [1.82, 2.24) is 4.98 Å². The highest BCUT2D eigenvalue weighted by Gasteiger charge is 2.11. The van der Waals surface area contributed by atoms with Crippen molar-refractivity contribution in [2.45, 2.75) is 19.8 Å². The van der Waals surface area contributed by atoms with Crippen molar-refractivity contribution < 1.29 is 0 Å². The van der Waals surface area contributed by atoms with Crippen molar-refractivity contribution in [2.75, 3.05) is 23.4 Å². The number of aryl methyl sites for hydroxylation is 1. The van der Waals surface area contributed by atoms with E-state index in [1.54, 1.807) is 11.3 Å². The maximum absolute atomic E-state index is 4.31. The van der Waals surface area contributed by atoms with E-state index in [1.807, 2.05) is 18.5 Å². The van der Waals surface area contributed by atoms with Crippen molar-refractivity contribution >= 4 is 28.4 Å². The quantitative estimate of drug-likeness (QED) is 0.691. The molecular weight excluding hydrogens is 268 g/mol. The number of hydrogen-bond donors (Lipinski definition) is 1. The van der Waals surface area contributed by atoms with Crippen LogP contribution < -0.4 is 10.3 Å². The summed E-state index contributed by atoms with van der Waals surface area (Å²) in [7, 11) is 0. The lowest BCUT2D eigenvalue weighted by Gasteiger charge is -2.17. The van der Waals surface area contributed by atoms with Gasteiger partial charge in [0.15, 0.2) is 0 Å². The largest absolute Gasteiger partial charge is 0.372 e. The first-order valence-corrected chi connectivity index (χ1v) is 7.75. The molecule has 0 aliphatic carbocycles. The Bertz CT molecular complexity index is 599. The van der Waals surface area contributed by atoms with Gasteiger partial charge in [0, 0.05) is 24.2 Å². The number of nitrogens with one attached hydrogen (secondary N) is 1. The van der Waals surface area contributed by atoms with E-state index < -0.39 is 0 Å². The van der Waals surface area contributed by atoms with E-state index in [-0.39, 0.29) is 0 Å². The molecule has 0 unspecified atom stereocenters. The summed E-state index contributed by atoms with van der Waals surface area (Å²) in [5.41, 5.74) is 6.38. The van der Waals surface area contributed by atoms with E-state index >= 15 is 0 Å². The van der Waals surface area contributed by atoms with Gasteiger partial charge >= 0.3 is 0 Å². The highest BCUT2D eigenvalue weighted by Crippen LogP contribution is 2.20. The molecule has 1 aliphatic rings. The van der Waals surface area contributed by atoms with Gasteiger partial charge in [-0.2, -0.15) is 5.10 Å². The Hall–Kier alpha value is -1.88. The minimum absolute atomic E-state index is 0.828. The summed E-state index contributed by atoms with van der Waals surface area (Å²) >= 11 is 1.56. The Morgan fingerprint density at radius 1 is 1.35 bits per heavy atom. The zero-order chi connectivity index (χ0) is 13.8. The average molecular weight is 286 g/mol. The van der Waals surface area contributed by atoms with E-state index in [4.69, 9.17) is 0 Å². The molecule has 0 atom stereocenters. The van der Waals surface area contributed by atoms with Gasteiger partial charge in [-0.15, -0.1) is 11.3 Å². The van der Waals surface area contributed by atoms with E-state index in [2.05, 4.69) is 44.7 Å². The third kappa shape index (κ3) is 3.17. The molecule has 1 aliphatic heterocycles. The third-order valence-electron chi connectivity index (χ3n) is 3.33. The lowest BCUT2D eigenvalue weighted by Crippen LogP contribution is -2.17. The van der Waals surface area contributed by atoms with E-state index in [0.717, 1.165) is 29.5 Å². The van der Waals surface area contributed by atoms with E-state index in [9.17, 15) is 0 Å². The summed E-state index contributed by atoms with van der Waals surface area (Å²) in [4.78, 5) is 6.73. The Morgan fingerprint density at radius 2 is 2.20 bits per heavy atom. The van der Waals surface area contributed by atoms with Crippen LogP contribution in [0.25, 0.3) is 0 Å². The standard InChI is InChI=1S/C15H18N4S/c1-12-11-20-15(17-12)18-16-10-13-5-4-6-14(9-13)19-7-2-3-8-19/h4-6,9-11H,2-3,7-8H2,1H3,(H,17,18). The molecule has 0 spiro atoms. The van der Waals surface area contributed by atoms with Gasteiger partial charge in [-0.1, -0.05) is 12.1 Å². The summed E-state index contributed by atoms with van der Waals surface area (Å²) in [6.07, 6.45) is 4.43. The van der Waals surface area contributed by atoms with Crippen molar-refractivity contribution in [3.8, 4) is 0 Å².